The predicted octanol–water partition coefficient (Wildman–Crippen LogP) is 5.44. The van der Waals surface area contributed by atoms with Gasteiger partial charge in [0.05, 0.1) is 11.8 Å². The van der Waals surface area contributed by atoms with Gasteiger partial charge in [-0.1, -0.05) is 60.1 Å². The third-order valence-electron chi connectivity index (χ3n) is 5.52. The lowest BCUT2D eigenvalue weighted by Crippen LogP contribution is -2.21. The molecule has 7 heteroatoms. The lowest BCUT2D eigenvalue weighted by atomic mass is 9.96. The van der Waals surface area contributed by atoms with Gasteiger partial charge in [-0.25, -0.2) is 9.67 Å². The second kappa shape index (κ2) is 7.25. The zero-order valence-corrected chi connectivity index (χ0v) is 17.2. The largest absolute Gasteiger partial charge is 0.454 e. The van der Waals surface area contributed by atoms with E-state index in [9.17, 15) is 0 Å². The van der Waals surface area contributed by atoms with E-state index in [4.69, 9.17) is 36.1 Å². The van der Waals surface area contributed by atoms with E-state index in [1.807, 2.05) is 71.4 Å². The van der Waals surface area contributed by atoms with Crippen molar-refractivity contribution < 1.29 is 9.47 Å². The first-order valence-corrected chi connectivity index (χ1v) is 10.4. The van der Waals surface area contributed by atoms with E-state index in [0.29, 0.717) is 23.2 Å². The molecule has 0 bridgehead atoms. The number of hydrogen-bond donors (Lipinski definition) is 0. The lowest BCUT2D eigenvalue weighted by molar-refractivity contribution is 0.174. The van der Waals surface area contributed by atoms with Crippen LogP contribution in [0.4, 0.5) is 5.95 Å². The molecule has 0 amide bonds. The SMILES string of the molecule is Clc1ccc(C2=Nc3nc(-c4ccccc4)nn3C(c3ccc4c(c3)OCO4)C2)cc1. The molecule has 1 unspecified atom stereocenters. The molecule has 3 aromatic carbocycles. The molecule has 31 heavy (non-hydrogen) atoms. The van der Waals surface area contributed by atoms with Gasteiger partial charge in [0, 0.05) is 17.0 Å². The van der Waals surface area contributed by atoms with Gasteiger partial charge in [-0.2, -0.15) is 4.98 Å². The van der Waals surface area contributed by atoms with Gasteiger partial charge < -0.3 is 9.47 Å². The quantitative estimate of drug-likeness (QED) is 0.436. The zero-order valence-electron chi connectivity index (χ0n) is 16.4. The maximum Gasteiger partial charge on any atom is 0.249 e. The molecule has 2 aliphatic rings. The fraction of sp³-hybridized carbons (Fsp3) is 0.125. The second-order valence-electron chi connectivity index (χ2n) is 7.44. The van der Waals surface area contributed by atoms with Crippen LogP contribution in [0, 0.1) is 0 Å². The van der Waals surface area contributed by atoms with E-state index >= 15 is 0 Å². The zero-order chi connectivity index (χ0) is 20.8. The summed E-state index contributed by atoms with van der Waals surface area (Å²) in [4.78, 5) is 9.59. The Morgan fingerprint density at radius 1 is 0.871 bits per heavy atom. The maximum absolute atomic E-state index is 6.09. The highest BCUT2D eigenvalue weighted by atomic mass is 35.5. The van der Waals surface area contributed by atoms with Crippen LogP contribution in [-0.2, 0) is 0 Å². The van der Waals surface area contributed by atoms with E-state index in [0.717, 1.165) is 33.9 Å². The third kappa shape index (κ3) is 3.25. The van der Waals surface area contributed by atoms with Crippen molar-refractivity contribution in [2.24, 2.45) is 4.99 Å². The molecular formula is C24H17ClN4O2. The number of nitrogens with zero attached hydrogens (tertiary/aromatic N) is 4. The molecular weight excluding hydrogens is 412 g/mol. The number of fused-ring (bicyclic) bond motifs is 2. The Labute approximate surface area is 183 Å². The molecule has 0 aliphatic carbocycles. The Morgan fingerprint density at radius 3 is 2.52 bits per heavy atom. The lowest BCUT2D eigenvalue weighted by Gasteiger charge is -2.24. The van der Waals surface area contributed by atoms with Gasteiger partial charge in [-0.15, -0.1) is 5.10 Å². The topological polar surface area (TPSA) is 61.5 Å². The first-order valence-electron chi connectivity index (χ1n) is 9.99. The van der Waals surface area contributed by atoms with Gasteiger partial charge in [0.25, 0.3) is 0 Å². The summed E-state index contributed by atoms with van der Waals surface area (Å²) in [5.41, 5.74) is 3.98. The van der Waals surface area contributed by atoms with Crippen LogP contribution in [0.5, 0.6) is 11.5 Å². The Morgan fingerprint density at radius 2 is 1.68 bits per heavy atom. The van der Waals surface area contributed by atoms with Crippen molar-refractivity contribution >= 4 is 23.3 Å². The summed E-state index contributed by atoms with van der Waals surface area (Å²) in [5, 5.41) is 5.52. The van der Waals surface area contributed by atoms with Gasteiger partial charge in [0.2, 0.25) is 12.7 Å². The first-order chi connectivity index (χ1) is 15.2. The minimum absolute atomic E-state index is 0.0716. The van der Waals surface area contributed by atoms with E-state index in [1.54, 1.807) is 0 Å². The summed E-state index contributed by atoms with van der Waals surface area (Å²) < 4.78 is 13.0. The number of aliphatic imine (C=N–C) groups is 1. The van der Waals surface area contributed by atoms with Crippen LogP contribution in [-0.4, -0.2) is 27.3 Å². The Bertz CT molecular complexity index is 1300. The summed E-state index contributed by atoms with van der Waals surface area (Å²) in [6.07, 6.45) is 0.672. The Kier molecular flexibility index (Phi) is 4.25. The van der Waals surface area contributed by atoms with Gasteiger partial charge in [-0.05, 0) is 35.4 Å². The van der Waals surface area contributed by atoms with Crippen molar-refractivity contribution in [3.05, 3.63) is 88.9 Å². The molecule has 0 saturated carbocycles. The summed E-state index contributed by atoms with van der Waals surface area (Å²) in [6, 6.07) is 23.6. The molecule has 6 nitrogen and oxygen atoms in total. The highest BCUT2D eigenvalue weighted by molar-refractivity contribution is 6.30. The number of aromatic nitrogens is 3. The Balaban J connectivity index is 1.48. The minimum Gasteiger partial charge on any atom is -0.454 e. The molecule has 2 aliphatic heterocycles. The Hall–Kier alpha value is -3.64. The molecule has 0 spiro atoms. The van der Waals surface area contributed by atoms with Crippen molar-refractivity contribution in [2.75, 3.05) is 6.79 Å². The van der Waals surface area contributed by atoms with Gasteiger partial charge in [0.1, 0.15) is 0 Å². The molecule has 152 valence electrons. The highest BCUT2D eigenvalue weighted by Gasteiger charge is 2.29. The molecule has 0 N–H and O–H groups in total. The van der Waals surface area contributed by atoms with E-state index in [-0.39, 0.29) is 12.8 Å². The van der Waals surface area contributed by atoms with Crippen molar-refractivity contribution in [1.29, 1.82) is 0 Å². The number of hydrogen-bond acceptors (Lipinski definition) is 5. The van der Waals surface area contributed by atoms with Gasteiger partial charge >= 0.3 is 0 Å². The summed E-state index contributed by atoms with van der Waals surface area (Å²) in [6.45, 7) is 0.244. The van der Waals surface area contributed by atoms with Crippen LogP contribution < -0.4 is 9.47 Å². The smallest absolute Gasteiger partial charge is 0.249 e. The summed E-state index contributed by atoms with van der Waals surface area (Å²) in [7, 11) is 0. The fourth-order valence-electron chi connectivity index (χ4n) is 3.95. The average molecular weight is 429 g/mol. The van der Waals surface area contributed by atoms with Gasteiger partial charge in [-0.3, -0.25) is 0 Å². The fourth-order valence-corrected chi connectivity index (χ4v) is 4.08. The minimum atomic E-state index is -0.0716. The van der Waals surface area contributed by atoms with E-state index < -0.39 is 0 Å². The predicted molar refractivity (Wildman–Crippen MR) is 118 cm³/mol. The monoisotopic (exact) mass is 428 g/mol. The van der Waals surface area contributed by atoms with Crippen LogP contribution in [0.25, 0.3) is 11.4 Å². The van der Waals surface area contributed by atoms with E-state index in [1.165, 1.54) is 0 Å². The molecule has 3 heterocycles. The van der Waals surface area contributed by atoms with Crippen LogP contribution in [0.1, 0.15) is 23.6 Å². The van der Waals surface area contributed by atoms with Gasteiger partial charge in [0.15, 0.2) is 17.3 Å². The molecule has 0 saturated heterocycles. The van der Waals surface area contributed by atoms with Crippen molar-refractivity contribution in [2.45, 2.75) is 12.5 Å². The molecule has 4 aromatic rings. The first kappa shape index (κ1) is 18.2. The molecule has 1 aromatic heterocycles. The van der Waals surface area contributed by atoms with Crippen LogP contribution in [0.2, 0.25) is 5.02 Å². The second-order valence-corrected chi connectivity index (χ2v) is 7.88. The number of rotatable bonds is 3. The van der Waals surface area contributed by atoms with E-state index in [2.05, 4.69) is 6.07 Å². The average Bonchev–Trinajstić information content (AvgIpc) is 3.46. The molecule has 0 fully saturated rings. The number of ether oxygens (including phenoxy) is 2. The third-order valence-corrected chi connectivity index (χ3v) is 5.77. The van der Waals surface area contributed by atoms with Crippen molar-refractivity contribution in [3.8, 4) is 22.9 Å². The van der Waals surface area contributed by atoms with Crippen molar-refractivity contribution in [3.63, 3.8) is 0 Å². The normalized spacial score (nSPS) is 16.7. The van der Waals surface area contributed by atoms with Crippen molar-refractivity contribution in [1.82, 2.24) is 14.8 Å². The number of halogens is 1. The molecule has 1 atom stereocenters. The van der Waals surface area contributed by atoms with Crippen LogP contribution >= 0.6 is 11.6 Å². The molecule has 0 radical (unpaired) electrons. The number of benzene rings is 3. The summed E-state index contributed by atoms with van der Waals surface area (Å²) >= 11 is 6.09. The van der Waals surface area contributed by atoms with Crippen LogP contribution in [0.3, 0.4) is 0 Å². The highest BCUT2D eigenvalue weighted by Crippen LogP contribution is 2.39. The standard InChI is InChI=1S/C24H17ClN4O2/c25-18-9-6-15(7-10-18)19-13-20(17-8-11-21-22(12-17)31-14-30-21)29-24(26-19)27-23(28-29)16-4-2-1-3-5-16/h1-12,20H,13-14H2. The summed E-state index contributed by atoms with van der Waals surface area (Å²) in [5.74, 6) is 2.74. The molecule has 6 rings (SSSR count). The van der Waals surface area contributed by atoms with Crippen LogP contribution in [0.15, 0.2) is 77.8 Å². The maximum atomic E-state index is 6.09.